The fraction of sp³-hybridized carbons (Fsp3) is 0.381. The van der Waals surface area contributed by atoms with E-state index >= 15 is 0 Å². The minimum atomic E-state index is -5.08. The third-order valence-corrected chi connectivity index (χ3v) is 6.13. The molecule has 0 spiro atoms. The van der Waals surface area contributed by atoms with Gasteiger partial charge in [0.1, 0.15) is 17.5 Å². The number of hydrogen-bond donors (Lipinski definition) is 4. The summed E-state index contributed by atoms with van der Waals surface area (Å²) in [6.07, 6.45) is 0.748. The van der Waals surface area contributed by atoms with Gasteiger partial charge in [0.25, 0.3) is 0 Å². The molecule has 3 aromatic heterocycles. The fourth-order valence-corrected chi connectivity index (χ4v) is 4.20. The summed E-state index contributed by atoms with van der Waals surface area (Å²) in [7, 11) is 0. The van der Waals surface area contributed by atoms with Crippen molar-refractivity contribution < 1.29 is 23.1 Å². The van der Waals surface area contributed by atoms with Gasteiger partial charge in [0.05, 0.1) is 23.1 Å². The molecule has 176 valence electrons. The summed E-state index contributed by atoms with van der Waals surface area (Å²) in [4.78, 5) is 10.1. The number of pyridine rings is 1. The van der Waals surface area contributed by atoms with E-state index in [1.807, 2.05) is 12.1 Å². The monoisotopic (exact) mass is 480 g/mol. The second-order valence-corrected chi connectivity index (χ2v) is 8.75. The Morgan fingerprint density at radius 2 is 1.97 bits per heavy atom. The Morgan fingerprint density at radius 3 is 2.52 bits per heavy atom. The third-order valence-electron chi connectivity index (χ3n) is 5.28. The van der Waals surface area contributed by atoms with E-state index in [4.69, 9.17) is 15.6 Å². The number of carboxylic acid groups (broad SMARTS) is 1. The standard InChI is InChI=1S/C19H22N6S.C2HF3O2/c1-12-16(7-9-26-12)24-19-10-17(23-14-4-2-13(21)3-5-14)15(11-20)18-6-8-22-25(18)19;3-2(4,5)1(6)7/h6-10,13-14,23-24H,2-5,21H2,1H3;(H,6,7). The van der Waals surface area contributed by atoms with Crippen LogP contribution >= 0.6 is 11.3 Å². The Hall–Kier alpha value is -3.30. The van der Waals surface area contributed by atoms with Gasteiger partial charge in [-0.2, -0.15) is 23.5 Å². The minimum Gasteiger partial charge on any atom is -0.475 e. The zero-order chi connectivity index (χ0) is 24.2. The summed E-state index contributed by atoms with van der Waals surface area (Å²) in [6.45, 7) is 2.08. The van der Waals surface area contributed by atoms with Crippen molar-refractivity contribution in [3.8, 4) is 6.07 Å². The summed E-state index contributed by atoms with van der Waals surface area (Å²) in [5, 5.41) is 30.4. The first-order valence-corrected chi connectivity index (χ1v) is 11.0. The molecular formula is C21H23F3N6O2S. The normalized spacial score (nSPS) is 18.2. The molecule has 5 N–H and O–H groups in total. The van der Waals surface area contributed by atoms with Gasteiger partial charge in [-0.3, -0.25) is 0 Å². The zero-order valence-electron chi connectivity index (χ0n) is 17.7. The number of aliphatic carboxylic acids is 1. The number of aryl methyl sites for hydroxylation is 1. The van der Waals surface area contributed by atoms with Crippen LogP contribution in [-0.4, -0.2) is 38.9 Å². The molecule has 1 saturated carbocycles. The van der Waals surface area contributed by atoms with Crippen molar-refractivity contribution >= 4 is 40.0 Å². The van der Waals surface area contributed by atoms with Gasteiger partial charge in [-0.05, 0) is 50.1 Å². The number of hydrogen-bond acceptors (Lipinski definition) is 7. The number of rotatable bonds is 4. The first-order valence-electron chi connectivity index (χ1n) is 10.1. The Morgan fingerprint density at radius 1 is 1.30 bits per heavy atom. The van der Waals surface area contributed by atoms with Crippen molar-refractivity contribution in [3.63, 3.8) is 0 Å². The molecule has 0 saturated heterocycles. The number of carboxylic acids is 1. The van der Waals surface area contributed by atoms with E-state index < -0.39 is 12.1 Å². The SMILES string of the molecule is Cc1sccc1Nc1cc(NC2CCC(N)CC2)c(C#N)c2ccnn12.O=C(O)C(F)(F)F. The highest BCUT2D eigenvalue weighted by Gasteiger charge is 2.38. The van der Waals surface area contributed by atoms with E-state index in [1.165, 1.54) is 4.88 Å². The second kappa shape index (κ2) is 10.1. The number of nitrogens with two attached hydrogens (primary N) is 1. The van der Waals surface area contributed by atoms with Crippen molar-refractivity contribution in [2.45, 2.75) is 50.9 Å². The zero-order valence-corrected chi connectivity index (χ0v) is 18.5. The summed E-state index contributed by atoms with van der Waals surface area (Å²) in [5.41, 5.74) is 9.37. The average molecular weight is 481 g/mol. The molecule has 0 aliphatic heterocycles. The molecule has 1 fully saturated rings. The molecule has 1 aliphatic rings. The summed E-state index contributed by atoms with van der Waals surface area (Å²) in [6, 6.07) is 8.93. The summed E-state index contributed by atoms with van der Waals surface area (Å²) in [5.74, 6) is -1.91. The van der Waals surface area contributed by atoms with Crippen molar-refractivity contribution in [1.29, 1.82) is 5.26 Å². The largest absolute Gasteiger partial charge is 0.490 e. The van der Waals surface area contributed by atoms with Gasteiger partial charge in [-0.1, -0.05) is 0 Å². The van der Waals surface area contributed by atoms with Crippen LogP contribution in [-0.2, 0) is 4.79 Å². The van der Waals surface area contributed by atoms with Crippen LogP contribution in [0.15, 0.2) is 29.8 Å². The maximum Gasteiger partial charge on any atom is 0.490 e. The smallest absolute Gasteiger partial charge is 0.475 e. The molecule has 3 heterocycles. The van der Waals surface area contributed by atoms with Gasteiger partial charge in [0.2, 0.25) is 0 Å². The molecule has 0 unspecified atom stereocenters. The van der Waals surface area contributed by atoms with E-state index in [0.717, 1.165) is 48.4 Å². The topological polar surface area (TPSA) is 128 Å². The number of nitrogens with zero attached hydrogens (tertiary/aromatic N) is 3. The van der Waals surface area contributed by atoms with Crippen LogP contribution < -0.4 is 16.4 Å². The first kappa shape index (κ1) is 24.3. The molecule has 0 amide bonds. The number of halogens is 3. The summed E-state index contributed by atoms with van der Waals surface area (Å²) >= 11 is 1.70. The molecule has 0 radical (unpaired) electrons. The first-order chi connectivity index (χ1) is 15.6. The number of carbonyl (C=O) groups is 1. The van der Waals surface area contributed by atoms with Crippen molar-refractivity contribution in [2.75, 3.05) is 10.6 Å². The molecule has 0 bridgehead atoms. The lowest BCUT2D eigenvalue weighted by Gasteiger charge is -2.28. The van der Waals surface area contributed by atoms with Gasteiger partial charge in [-0.25, -0.2) is 9.31 Å². The van der Waals surface area contributed by atoms with E-state index in [-0.39, 0.29) is 0 Å². The Labute approximate surface area is 191 Å². The van der Waals surface area contributed by atoms with Crippen LogP contribution in [0.1, 0.15) is 36.1 Å². The van der Waals surface area contributed by atoms with E-state index in [1.54, 1.807) is 22.0 Å². The molecule has 1 aliphatic carbocycles. The van der Waals surface area contributed by atoms with Gasteiger partial charge < -0.3 is 21.5 Å². The van der Waals surface area contributed by atoms with E-state index in [9.17, 15) is 18.4 Å². The minimum absolute atomic E-state index is 0.305. The molecule has 4 rings (SSSR count). The Kier molecular flexibility index (Phi) is 7.45. The van der Waals surface area contributed by atoms with Crippen LogP contribution in [0.2, 0.25) is 0 Å². The third kappa shape index (κ3) is 5.94. The van der Waals surface area contributed by atoms with Crippen molar-refractivity contribution in [3.05, 3.63) is 40.2 Å². The maximum absolute atomic E-state index is 10.6. The fourth-order valence-electron chi connectivity index (χ4n) is 3.55. The number of aromatic nitrogens is 2. The quantitative estimate of drug-likeness (QED) is 0.428. The lowest BCUT2D eigenvalue weighted by molar-refractivity contribution is -0.192. The molecule has 8 nitrogen and oxygen atoms in total. The number of fused-ring (bicyclic) bond motifs is 1. The highest BCUT2D eigenvalue weighted by Crippen LogP contribution is 2.31. The number of nitrogens with one attached hydrogen (secondary N) is 2. The molecule has 0 aromatic carbocycles. The summed E-state index contributed by atoms with van der Waals surface area (Å²) < 4.78 is 33.5. The number of alkyl halides is 3. The molecular weight excluding hydrogens is 457 g/mol. The maximum atomic E-state index is 10.6. The van der Waals surface area contributed by atoms with E-state index in [2.05, 4.69) is 40.2 Å². The number of anilines is 3. The van der Waals surface area contributed by atoms with E-state index in [0.29, 0.717) is 17.6 Å². The van der Waals surface area contributed by atoms with Crippen LogP contribution in [0.5, 0.6) is 0 Å². The van der Waals surface area contributed by atoms with Gasteiger partial charge >= 0.3 is 12.1 Å². The molecule has 12 heteroatoms. The van der Waals surface area contributed by atoms with Crippen LogP contribution in [0.4, 0.5) is 30.4 Å². The lowest BCUT2D eigenvalue weighted by atomic mass is 9.91. The predicted molar refractivity (Wildman–Crippen MR) is 120 cm³/mol. The number of nitriles is 1. The highest BCUT2D eigenvalue weighted by molar-refractivity contribution is 7.10. The van der Waals surface area contributed by atoms with Crippen LogP contribution in [0.25, 0.3) is 5.52 Å². The van der Waals surface area contributed by atoms with Gasteiger partial charge in [0, 0.05) is 23.0 Å². The molecule has 3 aromatic rings. The second-order valence-electron chi connectivity index (χ2n) is 7.63. The van der Waals surface area contributed by atoms with Crippen molar-refractivity contribution in [1.82, 2.24) is 9.61 Å². The van der Waals surface area contributed by atoms with Gasteiger partial charge in [-0.15, -0.1) is 11.3 Å². The Bertz CT molecular complexity index is 1160. The van der Waals surface area contributed by atoms with Crippen molar-refractivity contribution in [2.24, 2.45) is 5.73 Å². The molecule has 33 heavy (non-hydrogen) atoms. The average Bonchev–Trinajstić information content (AvgIpc) is 3.39. The predicted octanol–water partition coefficient (Wildman–Crippen LogP) is 4.63. The van der Waals surface area contributed by atoms with Crippen LogP contribution in [0, 0.1) is 18.3 Å². The lowest BCUT2D eigenvalue weighted by Crippen LogP contribution is -2.33. The molecule has 0 atom stereocenters. The number of thiophene rings is 1. The Balaban J connectivity index is 0.000000383. The van der Waals surface area contributed by atoms with Crippen LogP contribution in [0.3, 0.4) is 0 Å². The highest BCUT2D eigenvalue weighted by atomic mass is 32.1. The van der Waals surface area contributed by atoms with Gasteiger partial charge in [0.15, 0.2) is 0 Å².